The Kier molecular flexibility index (Phi) is 3.81. The van der Waals surface area contributed by atoms with E-state index in [1.54, 1.807) is 20.0 Å². The molecule has 4 nitrogen and oxygen atoms in total. The van der Waals surface area contributed by atoms with Gasteiger partial charge in [-0.25, -0.2) is 0 Å². The highest BCUT2D eigenvalue weighted by Crippen LogP contribution is 2.20. The Hall–Kier alpha value is -1.94. The van der Waals surface area contributed by atoms with Crippen LogP contribution in [0.25, 0.3) is 10.9 Å². The third kappa shape index (κ3) is 2.90. The number of esters is 1. The van der Waals surface area contributed by atoms with Crippen molar-refractivity contribution in [3.63, 3.8) is 0 Å². The number of aromatic nitrogens is 1. The van der Waals surface area contributed by atoms with Crippen molar-refractivity contribution in [2.75, 3.05) is 6.61 Å². The molecule has 0 aliphatic rings. The number of carbonyl (C=O) groups excluding carboxylic acids is 1. The maximum absolute atomic E-state index is 11.8. The highest BCUT2D eigenvalue weighted by atomic mass is 16.5. The van der Waals surface area contributed by atoms with Crippen LogP contribution in [0.2, 0.25) is 0 Å². The van der Waals surface area contributed by atoms with Crippen molar-refractivity contribution in [1.82, 2.24) is 4.98 Å². The van der Waals surface area contributed by atoms with Gasteiger partial charge in [-0.15, -0.1) is 0 Å². The van der Waals surface area contributed by atoms with Crippen LogP contribution in [-0.4, -0.2) is 23.1 Å². The van der Waals surface area contributed by atoms with Crippen LogP contribution in [0, 0.1) is 0 Å². The van der Waals surface area contributed by atoms with Crippen LogP contribution in [0.15, 0.2) is 36.5 Å². The van der Waals surface area contributed by atoms with E-state index >= 15 is 0 Å². The average molecular weight is 258 g/mol. The number of benzene rings is 1. The van der Waals surface area contributed by atoms with Crippen LogP contribution in [0.4, 0.5) is 0 Å². The minimum absolute atomic E-state index is 0.336. The molecule has 2 aromatic rings. The van der Waals surface area contributed by atoms with E-state index in [0.29, 0.717) is 13.0 Å². The molecule has 0 radical (unpaired) electrons. The Morgan fingerprint density at radius 3 is 2.84 bits per heavy atom. The number of pyridine rings is 1. The zero-order valence-corrected chi connectivity index (χ0v) is 11.2. The highest BCUT2D eigenvalue weighted by Gasteiger charge is 2.30. The van der Waals surface area contributed by atoms with E-state index in [2.05, 4.69) is 4.98 Å². The van der Waals surface area contributed by atoms with Crippen molar-refractivity contribution in [2.45, 2.75) is 25.8 Å². The van der Waals surface area contributed by atoms with Crippen molar-refractivity contribution < 1.29 is 9.53 Å². The first-order valence-corrected chi connectivity index (χ1v) is 6.33. The lowest BCUT2D eigenvalue weighted by molar-refractivity contribution is -0.148. The van der Waals surface area contributed by atoms with Crippen molar-refractivity contribution >= 4 is 16.9 Å². The molecule has 100 valence electrons. The molecule has 1 aromatic carbocycles. The van der Waals surface area contributed by atoms with E-state index < -0.39 is 5.54 Å². The second-order valence-corrected chi connectivity index (χ2v) is 4.80. The fraction of sp³-hybridized carbons (Fsp3) is 0.333. The molecule has 0 aliphatic heterocycles. The third-order valence-corrected chi connectivity index (χ3v) is 3.04. The molecular weight excluding hydrogens is 240 g/mol. The topological polar surface area (TPSA) is 65.2 Å². The zero-order valence-electron chi connectivity index (χ0n) is 11.2. The number of hydrogen-bond acceptors (Lipinski definition) is 4. The largest absolute Gasteiger partial charge is 0.465 e. The molecule has 4 heteroatoms. The first kappa shape index (κ1) is 13.5. The van der Waals surface area contributed by atoms with Crippen LogP contribution >= 0.6 is 0 Å². The number of carbonyl (C=O) groups is 1. The summed E-state index contributed by atoms with van der Waals surface area (Å²) in [6.45, 7) is 3.80. The van der Waals surface area contributed by atoms with E-state index in [-0.39, 0.29) is 5.97 Å². The van der Waals surface area contributed by atoms with E-state index in [1.165, 1.54) is 0 Å². The first-order chi connectivity index (χ1) is 9.04. The summed E-state index contributed by atoms with van der Waals surface area (Å²) in [6, 6.07) is 9.71. The second-order valence-electron chi connectivity index (χ2n) is 4.80. The summed E-state index contributed by atoms with van der Waals surface area (Å²) in [5.74, 6) is -0.379. The Bertz CT molecular complexity index is 588. The van der Waals surface area contributed by atoms with Gasteiger partial charge in [-0.05, 0) is 31.5 Å². The smallest absolute Gasteiger partial charge is 0.326 e. The lowest BCUT2D eigenvalue weighted by Crippen LogP contribution is -2.48. The summed E-state index contributed by atoms with van der Waals surface area (Å²) in [5, 5.41) is 1.02. The van der Waals surface area contributed by atoms with Gasteiger partial charge in [-0.1, -0.05) is 18.2 Å². The fourth-order valence-corrected chi connectivity index (χ4v) is 2.07. The van der Waals surface area contributed by atoms with E-state index in [9.17, 15) is 4.79 Å². The first-order valence-electron chi connectivity index (χ1n) is 6.33. The summed E-state index contributed by atoms with van der Waals surface area (Å²) < 4.78 is 5.01. The number of para-hydroxylation sites is 1. The monoisotopic (exact) mass is 258 g/mol. The summed E-state index contributed by atoms with van der Waals surface area (Å²) >= 11 is 0. The van der Waals surface area contributed by atoms with Gasteiger partial charge in [-0.2, -0.15) is 0 Å². The number of nitrogens with zero attached hydrogens (tertiary/aromatic N) is 1. The number of nitrogens with two attached hydrogens (primary N) is 1. The van der Waals surface area contributed by atoms with Gasteiger partial charge in [0.1, 0.15) is 5.54 Å². The van der Waals surface area contributed by atoms with Crippen LogP contribution in [-0.2, 0) is 16.0 Å². The van der Waals surface area contributed by atoms with E-state index in [0.717, 1.165) is 16.5 Å². The molecule has 19 heavy (non-hydrogen) atoms. The maximum atomic E-state index is 11.8. The average Bonchev–Trinajstić information content (AvgIpc) is 2.39. The van der Waals surface area contributed by atoms with Crippen molar-refractivity contribution in [3.8, 4) is 0 Å². The number of hydrogen-bond donors (Lipinski definition) is 1. The van der Waals surface area contributed by atoms with Gasteiger partial charge in [0.15, 0.2) is 0 Å². The molecule has 2 rings (SSSR count). The lowest BCUT2D eigenvalue weighted by Gasteiger charge is -2.22. The van der Waals surface area contributed by atoms with Gasteiger partial charge < -0.3 is 10.5 Å². The summed E-state index contributed by atoms with van der Waals surface area (Å²) in [4.78, 5) is 16.1. The molecule has 0 fully saturated rings. The van der Waals surface area contributed by atoms with Gasteiger partial charge in [-0.3, -0.25) is 9.78 Å². The Balaban J connectivity index is 2.33. The van der Waals surface area contributed by atoms with E-state index in [4.69, 9.17) is 10.5 Å². The number of fused-ring (bicyclic) bond motifs is 1. The van der Waals surface area contributed by atoms with Crippen LogP contribution in [0.3, 0.4) is 0 Å². The molecule has 0 saturated heterocycles. The minimum atomic E-state index is -1.03. The van der Waals surface area contributed by atoms with Crippen molar-refractivity contribution in [3.05, 3.63) is 42.1 Å². The molecule has 1 aromatic heterocycles. The SMILES string of the molecule is CCOC(=O)C(C)(N)Cc1ccnc2ccccc12. The standard InChI is InChI=1S/C15H18N2O2/c1-3-19-14(18)15(2,16)10-11-8-9-17-13-7-5-4-6-12(11)13/h4-9H,3,10,16H2,1-2H3. The van der Waals surface area contributed by atoms with Gasteiger partial charge >= 0.3 is 5.97 Å². The second kappa shape index (κ2) is 5.36. The van der Waals surface area contributed by atoms with Gasteiger partial charge in [0.05, 0.1) is 12.1 Å². The Morgan fingerprint density at radius 1 is 1.37 bits per heavy atom. The van der Waals surface area contributed by atoms with Crippen LogP contribution < -0.4 is 5.73 Å². The minimum Gasteiger partial charge on any atom is -0.465 e. The predicted molar refractivity (Wildman–Crippen MR) is 74.7 cm³/mol. The summed E-state index contributed by atoms with van der Waals surface area (Å²) in [6.07, 6.45) is 2.16. The zero-order chi connectivity index (χ0) is 13.9. The normalized spacial score (nSPS) is 14.1. The molecule has 1 atom stereocenters. The lowest BCUT2D eigenvalue weighted by atomic mass is 9.92. The molecular formula is C15H18N2O2. The van der Waals surface area contributed by atoms with Crippen molar-refractivity contribution in [1.29, 1.82) is 0 Å². The van der Waals surface area contributed by atoms with Gasteiger partial charge in [0.2, 0.25) is 0 Å². The maximum Gasteiger partial charge on any atom is 0.326 e. The fourth-order valence-electron chi connectivity index (χ4n) is 2.07. The molecule has 1 unspecified atom stereocenters. The molecule has 2 N–H and O–H groups in total. The van der Waals surface area contributed by atoms with E-state index in [1.807, 2.05) is 30.3 Å². The number of rotatable bonds is 4. The molecule has 0 bridgehead atoms. The predicted octanol–water partition coefficient (Wildman–Crippen LogP) is 2.06. The quantitative estimate of drug-likeness (QED) is 0.852. The Labute approximate surface area is 112 Å². The highest BCUT2D eigenvalue weighted by molar-refractivity contribution is 5.85. The third-order valence-electron chi connectivity index (χ3n) is 3.04. The Morgan fingerprint density at radius 2 is 2.11 bits per heavy atom. The van der Waals surface area contributed by atoms with Crippen molar-refractivity contribution in [2.24, 2.45) is 5.73 Å². The molecule has 0 spiro atoms. The molecule has 0 saturated carbocycles. The molecule has 0 amide bonds. The van der Waals surface area contributed by atoms with Gasteiger partial charge in [0, 0.05) is 18.0 Å². The molecule has 1 heterocycles. The summed E-state index contributed by atoms with van der Waals surface area (Å²) in [7, 11) is 0. The number of ether oxygens (including phenoxy) is 1. The van der Waals surface area contributed by atoms with Crippen LogP contribution in [0.1, 0.15) is 19.4 Å². The molecule has 0 aliphatic carbocycles. The van der Waals surface area contributed by atoms with Gasteiger partial charge in [0.25, 0.3) is 0 Å². The summed E-state index contributed by atoms with van der Waals surface area (Å²) in [5.41, 5.74) is 6.95. The van der Waals surface area contributed by atoms with Crippen LogP contribution in [0.5, 0.6) is 0 Å².